The van der Waals surface area contributed by atoms with Crippen LogP contribution in [0.3, 0.4) is 0 Å². The van der Waals surface area contributed by atoms with E-state index < -0.39 is 5.91 Å². The van der Waals surface area contributed by atoms with E-state index in [-0.39, 0.29) is 12.1 Å². The summed E-state index contributed by atoms with van der Waals surface area (Å²) in [4.78, 5) is 29.6. The van der Waals surface area contributed by atoms with E-state index in [1.807, 2.05) is 47.9 Å². The fourth-order valence-electron chi connectivity index (χ4n) is 3.91. The standard InChI is InChI=1S/C24H24BrN5O2/c1-3-4-9-23-28-20-11-10-16(25)12-18(20)24(32)30(23)27-13-19-15(2)29(14-22(26)31)21-8-6-5-7-17(19)21/h5-8,10-13H,3-4,9,14H2,1-2H3,(H2,26,31). The molecule has 2 aromatic heterocycles. The summed E-state index contributed by atoms with van der Waals surface area (Å²) in [6.07, 6.45) is 4.22. The summed E-state index contributed by atoms with van der Waals surface area (Å²) in [6, 6.07) is 13.2. The number of fused-ring (bicyclic) bond motifs is 2. The lowest BCUT2D eigenvalue weighted by Crippen LogP contribution is -2.22. The second-order valence-corrected chi connectivity index (χ2v) is 8.64. The van der Waals surface area contributed by atoms with Crippen LogP contribution >= 0.6 is 15.9 Å². The Morgan fingerprint density at radius 3 is 2.75 bits per heavy atom. The van der Waals surface area contributed by atoms with E-state index in [1.165, 1.54) is 4.68 Å². The van der Waals surface area contributed by atoms with Crippen molar-refractivity contribution in [1.82, 2.24) is 14.2 Å². The van der Waals surface area contributed by atoms with E-state index in [0.717, 1.165) is 39.5 Å². The first kappa shape index (κ1) is 22.0. The number of hydrogen-bond donors (Lipinski definition) is 1. The molecule has 4 rings (SSSR count). The SMILES string of the molecule is CCCCc1nc2ccc(Br)cc2c(=O)n1N=Cc1c(C)n(CC(N)=O)c2ccccc12. The number of nitrogens with zero attached hydrogens (tertiary/aromatic N) is 4. The van der Waals surface area contributed by atoms with Crippen LogP contribution in [0, 0.1) is 6.92 Å². The van der Waals surface area contributed by atoms with E-state index >= 15 is 0 Å². The van der Waals surface area contributed by atoms with Crippen LogP contribution in [0.15, 0.2) is 56.8 Å². The first-order chi connectivity index (χ1) is 15.4. The Hall–Kier alpha value is -3.26. The molecule has 2 heterocycles. The maximum Gasteiger partial charge on any atom is 0.282 e. The molecule has 1 amide bonds. The molecule has 32 heavy (non-hydrogen) atoms. The van der Waals surface area contributed by atoms with Gasteiger partial charge in [0.15, 0.2) is 0 Å². The van der Waals surface area contributed by atoms with Crippen LogP contribution < -0.4 is 11.3 Å². The van der Waals surface area contributed by atoms with Crippen molar-refractivity contribution in [3.8, 4) is 0 Å². The number of aromatic nitrogens is 3. The molecule has 0 radical (unpaired) electrons. The van der Waals surface area contributed by atoms with Crippen molar-refractivity contribution in [3.05, 3.63) is 74.4 Å². The van der Waals surface area contributed by atoms with Gasteiger partial charge in [-0.1, -0.05) is 47.5 Å². The molecule has 0 aliphatic heterocycles. The van der Waals surface area contributed by atoms with Crippen molar-refractivity contribution in [3.63, 3.8) is 0 Å². The topological polar surface area (TPSA) is 95.3 Å². The summed E-state index contributed by atoms with van der Waals surface area (Å²) in [6.45, 7) is 4.09. The van der Waals surface area contributed by atoms with Crippen molar-refractivity contribution in [1.29, 1.82) is 0 Å². The van der Waals surface area contributed by atoms with Crippen LogP contribution in [0.5, 0.6) is 0 Å². The van der Waals surface area contributed by atoms with E-state index in [9.17, 15) is 9.59 Å². The molecule has 0 fully saturated rings. The number of benzene rings is 2. The van der Waals surface area contributed by atoms with Crippen molar-refractivity contribution in [2.75, 3.05) is 0 Å². The van der Waals surface area contributed by atoms with Crippen LogP contribution in [0.25, 0.3) is 21.8 Å². The van der Waals surface area contributed by atoms with Gasteiger partial charge in [0.2, 0.25) is 5.91 Å². The number of carbonyl (C=O) groups excluding carboxylic acids is 1. The molecule has 0 bridgehead atoms. The third kappa shape index (κ3) is 4.10. The molecule has 8 heteroatoms. The first-order valence-corrected chi connectivity index (χ1v) is 11.3. The molecule has 0 aliphatic rings. The highest BCUT2D eigenvalue weighted by Crippen LogP contribution is 2.24. The fourth-order valence-corrected chi connectivity index (χ4v) is 4.27. The summed E-state index contributed by atoms with van der Waals surface area (Å²) < 4.78 is 4.07. The summed E-state index contributed by atoms with van der Waals surface area (Å²) in [5.41, 5.74) is 8.49. The number of primary amides is 1. The molecule has 2 aromatic carbocycles. The third-order valence-corrected chi connectivity index (χ3v) is 6.02. The molecule has 0 unspecified atom stereocenters. The van der Waals surface area contributed by atoms with Crippen molar-refractivity contribution < 1.29 is 4.79 Å². The number of halogens is 1. The molecule has 0 atom stereocenters. The maximum atomic E-state index is 13.3. The van der Waals surface area contributed by atoms with Crippen LogP contribution in [0.2, 0.25) is 0 Å². The van der Waals surface area contributed by atoms with E-state index in [2.05, 4.69) is 28.0 Å². The molecule has 164 valence electrons. The quantitative estimate of drug-likeness (QED) is 0.392. The minimum atomic E-state index is -0.417. The summed E-state index contributed by atoms with van der Waals surface area (Å²) in [7, 11) is 0. The van der Waals surface area contributed by atoms with Gasteiger partial charge in [0.05, 0.1) is 17.1 Å². The number of amides is 1. The minimum Gasteiger partial charge on any atom is -0.368 e. The summed E-state index contributed by atoms with van der Waals surface area (Å²) in [5.74, 6) is 0.209. The van der Waals surface area contributed by atoms with Crippen molar-refractivity contribution in [2.24, 2.45) is 10.8 Å². The van der Waals surface area contributed by atoms with Gasteiger partial charge in [-0.3, -0.25) is 9.59 Å². The average molecular weight is 494 g/mol. The van der Waals surface area contributed by atoms with E-state index in [0.29, 0.717) is 23.1 Å². The molecule has 0 saturated carbocycles. The number of para-hydroxylation sites is 1. The van der Waals surface area contributed by atoms with Gasteiger partial charge in [-0.15, -0.1) is 0 Å². The molecule has 0 saturated heterocycles. The van der Waals surface area contributed by atoms with E-state index in [1.54, 1.807) is 12.3 Å². The number of rotatable bonds is 7. The third-order valence-electron chi connectivity index (χ3n) is 5.53. The van der Waals surface area contributed by atoms with Gasteiger partial charge >= 0.3 is 0 Å². The Bertz CT molecular complexity index is 1420. The number of hydrogen-bond acceptors (Lipinski definition) is 4. The van der Waals surface area contributed by atoms with Crippen LogP contribution in [0.4, 0.5) is 0 Å². The highest BCUT2D eigenvalue weighted by Gasteiger charge is 2.15. The minimum absolute atomic E-state index is 0.0768. The van der Waals surface area contributed by atoms with Gasteiger partial charge in [-0.25, -0.2) is 4.98 Å². The Balaban J connectivity index is 1.89. The lowest BCUT2D eigenvalue weighted by molar-refractivity contribution is -0.118. The smallest absolute Gasteiger partial charge is 0.282 e. The van der Waals surface area contributed by atoms with Crippen LogP contribution in [0.1, 0.15) is 36.8 Å². The second kappa shape index (κ2) is 9.08. The Kier molecular flexibility index (Phi) is 6.23. The largest absolute Gasteiger partial charge is 0.368 e. The average Bonchev–Trinajstić information content (AvgIpc) is 3.03. The predicted octanol–water partition coefficient (Wildman–Crippen LogP) is 4.13. The molecule has 0 aliphatic carbocycles. The van der Waals surface area contributed by atoms with Gasteiger partial charge in [0, 0.05) is 33.1 Å². The Morgan fingerprint density at radius 1 is 1.22 bits per heavy atom. The van der Waals surface area contributed by atoms with Crippen molar-refractivity contribution in [2.45, 2.75) is 39.7 Å². The highest BCUT2D eigenvalue weighted by atomic mass is 79.9. The van der Waals surface area contributed by atoms with Crippen molar-refractivity contribution >= 4 is 49.9 Å². The predicted molar refractivity (Wildman–Crippen MR) is 131 cm³/mol. The van der Waals surface area contributed by atoms with Crippen LogP contribution in [-0.4, -0.2) is 26.3 Å². The molecular formula is C24H24BrN5O2. The first-order valence-electron chi connectivity index (χ1n) is 10.5. The number of carbonyl (C=O) groups is 1. The number of nitrogens with two attached hydrogens (primary N) is 1. The fraction of sp³-hybridized carbons (Fsp3) is 0.250. The molecular weight excluding hydrogens is 470 g/mol. The lowest BCUT2D eigenvalue weighted by Gasteiger charge is -2.09. The van der Waals surface area contributed by atoms with Crippen LogP contribution in [-0.2, 0) is 17.8 Å². The van der Waals surface area contributed by atoms with Gasteiger partial charge in [-0.05, 0) is 37.6 Å². The normalized spacial score (nSPS) is 11.7. The zero-order valence-electron chi connectivity index (χ0n) is 18.0. The zero-order valence-corrected chi connectivity index (χ0v) is 19.6. The van der Waals surface area contributed by atoms with Gasteiger partial charge < -0.3 is 10.3 Å². The number of aryl methyl sites for hydroxylation is 1. The molecule has 7 nitrogen and oxygen atoms in total. The van der Waals surface area contributed by atoms with Gasteiger partial charge in [0.1, 0.15) is 12.4 Å². The Labute approximate surface area is 193 Å². The maximum absolute atomic E-state index is 13.3. The zero-order chi connectivity index (χ0) is 22.8. The molecule has 4 aromatic rings. The molecule has 0 spiro atoms. The second-order valence-electron chi connectivity index (χ2n) is 7.72. The van der Waals surface area contributed by atoms with Gasteiger partial charge in [-0.2, -0.15) is 9.78 Å². The summed E-state index contributed by atoms with van der Waals surface area (Å²) in [5, 5.41) is 6.03. The Morgan fingerprint density at radius 2 is 2.00 bits per heavy atom. The highest BCUT2D eigenvalue weighted by molar-refractivity contribution is 9.10. The lowest BCUT2D eigenvalue weighted by atomic mass is 10.1. The number of unbranched alkanes of at least 4 members (excludes halogenated alkanes) is 1. The van der Waals surface area contributed by atoms with E-state index in [4.69, 9.17) is 10.7 Å². The van der Waals surface area contributed by atoms with Gasteiger partial charge in [0.25, 0.3) is 5.56 Å². The summed E-state index contributed by atoms with van der Waals surface area (Å²) >= 11 is 3.43. The monoisotopic (exact) mass is 493 g/mol. The molecule has 2 N–H and O–H groups in total.